The van der Waals surface area contributed by atoms with Crippen LogP contribution in [0.4, 0.5) is 5.82 Å². The SMILES string of the molecule is CCCC(C)COc1nc(C2CC2)nc(NN)c1C. The Labute approximate surface area is 114 Å². The minimum atomic E-state index is 0.489. The molecule has 19 heavy (non-hydrogen) atoms. The predicted octanol–water partition coefficient (Wildman–Crippen LogP) is 2.76. The smallest absolute Gasteiger partial charge is 0.221 e. The van der Waals surface area contributed by atoms with E-state index >= 15 is 0 Å². The number of anilines is 1. The van der Waals surface area contributed by atoms with E-state index in [9.17, 15) is 0 Å². The second kappa shape index (κ2) is 6.19. The van der Waals surface area contributed by atoms with Crippen molar-refractivity contribution < 1.29 is 4.74 Å². The maximum absolute atomic E-state index is 5.87. The Morgan fingerprint density at radius 2 is 2.16 bits per heavy atom. The van der Waals surface area contributed by atoms with E-state index in [1.54, 1.807) is 0 Å². The highest BCUT2D eigenvalue weighted by molar-refractivity contribution is 5.48. The molecule has 1 aliphatic carbocycles. The van der Waals surface area contributed by atoms with Crippen LogP contribution in [0.15, 0.2) is 0 Å². The molecule has 1 fully saturated rings. The van der Waals surface area contributed by atoms with Crippen LogP contribution in [0.2, 0.25) is 0 Å². The van der Waals surface area contributed by atoms with Crippen LogP contribution >= 0.6 is 0 Å². The molecule has 1 unspecified atom stereocenters. The quantitative estimate of drug-likeness (QED) is 0.585. The van der Waals surface area contributed by atoms with E-state index < -0.39 is 0 Å². The molecule has 0 aromatic carbocycles. The highest BCUT2D eigenvalue weighted by Gasteiger charge is 2.28. The van der Waals surface area contributed by atoms with Gasteiger partial charge >= 0.3 is 0 Å². The summed E-state index contributed by atoms with van der Waals surface area (Å²) in [6.07, 6.45) is 4.68. The molecule has 0 radical (unpaired) electrons. The van der Waals surface area contributed by atoms with Crippen molar-refractivity contribution in [1.82, 2.24) is 9.97 Å². The van der Waals surface area contributed by atoms with Gasteiger partial charge in [0, 0.05) is 5.92 Å². The fraction of sp³-hybridized carbons (Fsp3) is 0.714. The summed E-state index contributed by atoms with van der Waals surface area (Å²) in [5, 5.41) is 0. The number of hydrogen-bond donors (Lipinski definition) is 2. The number of rotatable bonds is 7. The molecule has 1 aromatic rings. The zero-order valence-corrected chi connectivity index (χ0v) is 12.1. The Bertz CT molecular complexity index is 432. The van der Waals surface area contributed by atoms with Crippen molar-refractivity contribution in [2.75, 3.05) is 12.0 Å². The largest absolute Gasteiger partial charge is 0.477 e. The Morgan fingerprint density at radius 3 is 2.74 bits per heavy atom. The van der Waals surface area contributed by atoms with Gasteiger partial charge in [-0.3, -0.25) is 0 Å². The third-order valence-corrected chi connectivity index (χ3v) is 3.48. The first-order valence-electron chi connectivity index (χ1n) is 7.13. The Hall–Kier alpha value is -1.36. The Kier molecular flexibility index (Phi) is 4.58. The second-order valence-electron chi connectivity index (χ2n) is 5.48. The van der Waals surface area contributed by atoms with E-state index in [1.807, 2.05) is 6.92 Å². The monoisotopic (exact) mass is 264 g/mol. The summed E-state index contributed by atoms with van der Waals surface area (Å²) in [7, 11) is 0. The molecule has 106 valence electrons. The highest BCUT2D eigenvalue weighted by Crippen LogP contribution is 2.39. The molecule has 3 N–H and O–H groups in total. The van der Waals surface area contributed by atoms with Gasteiger partial charge in [-0.1, -0.05) is 20.3 Å². The van der Waals surface area contributed by atoms with Gasteiger partial charge in [-0.05, 0) is 32.1 Å². The van der Waals surface area contributed by atoms with Crippen LogP contribution in [-0.4, -0.2) is 16.6 Å². The first kappa shape index (κ1) is 14.1. The molecule has 5 nitrogen and oxygen atoms in total. The fourth-order valence-electron chi connectivity index (χ4n) is 2.12. The van der Waals surface area contributed by atoms with Crippen molar-refractivity contribution in [3.63, 3.8) is 0 Å². The van der Waals surface area contributed by atoms with Crippen LogP contribution in [0.5, 0.6) is 5.88 Å². The van der Waals surface area contributed by atoms with Crippen LogP contribution in [-0.2, 0) is 0 Å². The number of aromatic nitrogens is 2. The second-order valence-corrected chi connectivity index (χ2v) is 5.48. The number of hydrogen-bond acceptors (Lipinski definition) is 5. The molecule has 0 aliphatic heterocycles. The highest BCUT2D eigenvalue weighted by atomic mass is 16.5. The zero-order valence-electron chi connectivity index (χ0n) is 12.1. The summed E-state index contributed by atoms with van der Waals surface area (Å²) in [5.74, 6) is 8.75. The standard InChI is InChI=1S/C14H24N4O/c1-4-5-9(2)8-19-14-10(3)12(18-15)16-13(17-14)11-6-7-11/h9,11H,4-8,15H2,1-3H3,(H,16,17,18). The summed E-state index contributed by atoms with van der Waals surface area (Å²) in [6, 6.07) is 0. The molecule has 1 aliphatic rings. The number of nitrogens with one attached hydrogen (secondary N) is 1. The van der Waals surface area contributed by atoms with Crippen LogP contribution in [0, 0.1) is 12.8 Å². The van der Waals surface area contributed by atoms with Gasteiger partial charge < -0.3 is 10.2 Å². The van der Waals surface area contributed by atoms with E-state index in [4.69, 9.17) is 10.6 Å². The third-order valence-electron chi connectivity index (χ3n) is 3.48. The van der Waals surface area contributed by atoms with Crippen molar-refractivity contribution in [3.05, 3.63) is 11.4 Å². The molecule has 2 rings (SSSR count). The molecule has 1 heterocycles. The molecular formula is C14H24N4O. The van der Waals surface area contributed by atoms with Crippen LogP contribution in [0.25, 0.3) is 0 Å². The lowest BCUT2D eigenvalue weighted by molar-refractivity contribution is 0.240. The van der Waals surface area contributed by atoms with Crippen molar-refractivity contribution in [1.29, 1.82) is 0 Å². The van der Waals surface area contributed by atoms with Gasteiger partial charge in [0.25, 0.3) is 0 Å². The van der Waals surface area contributed by atoms with Crippen molar-refractivity contribution in [2.45, 2.75) is 52.4 Å². The van der Waals surface area contributed by atoms with Crippen molar-refractivity contribution >= 4 is 5.82 Å². The molecule has 0 saturated heterocycles. The third kappa shape index (κ3) is 3.56. The van der Waals surface area contributed by atoms with E-state index in [0.29, 0.717) is 30.1 Å². The number of hydrazine groups is 1. The maximum atomic E-state index is 5.87. The van der Waals surface area contributed by atoms with E-state index in [-0.39, 0.29) is 0 Å². The summed E-state index contributed by atoms with van der Waals surface area (Å²) in [6.45, 7) is 7.02. The lowest BCUT2D eigenvalue weighted by Crippen LogP contribution is -2.15. The number of nitrogens with two attached hydrogens (primary N) is 1. The van der Waals surface area contributed by atoms with E-state index in [1.165, 1.54) is 25.7 Å². The zero-order chi connectivity index (χ0) is 13.8. The Morgan fingerprint density at radius 1 is 1.42 bits per heavy atom. The molecule has 1 saturated carbocycles. The Balaban J connectivity index is 2.11. The van der Waals surface area contributed by atoms with Gasteiger partial charge in [-0.2, -0.15) is 4.98 Å². The van der Waals surface area contributed by atoms with Gasteiger partial charge in [0.2, 0.25) is 5.88 Å². The molecule has 0 bridgehead atoms. The topological polar surface area (TPSA) is 73.1 Å². The lowest BCUT2D eigenvalue weighted by atomic mass is 10.1. The van der Waals surface area contributed by atoms with E-state index in [0.717, 1.165) is 11.4 Å². The van der Waals surface area contributed by atoms with Crippen LogP contribution in [0.3, 0.4) is 0 Å². The van der Waals surface area contributed by atoms with Crippen molar-refractivity contribution in [2.24, 2.45) is 11.8 Å². The minimum Gasteiger partial charge on any atom is -0.477 e. The molecule has 5 heteroatoms. The first-order chi connectivity index (χ1) is 9.15. The van der Waals surface area contributed by atoms with Gasteiger partial charge in [0.05, 0.1) is 12.2 Å². The summed E-state index contributed by atoms with van der Waals surface area (Å²) < 4.78 is 5.87. The molecule has 0 spiro atoms. The summed E-state index contributed by atoms with van der Waals surface area (Å²) >= 11 is 0. The first-order valence-corrected chi connectivity index (χ1v) is 7.13. The van der Waals surface area contributed by atoms with Gasteiger partial charge in [-0.25, -0.2) is 10.8 Å². The molecule has 1 atom stereocenters. The van der Waals surface area contributed by atoms with Gasteiger partial charge in [0.15, 0.2) is 0 Å². The molecule has 1 aromatic heterocycles. The molecular weight excluding hydrogens is 240 g/mol. The maximum Gasteiger partial charge on any atom is 0.221 e. The molecule has 0 amide bonds. The van der Waals surface area contributed by atoms with Crippen LogP contribution < -0.4 is 16.0 Å². The summed E-state index contributed by atoms with van der Waals surface area (Å²) in [4.78, 5) is 9.00. The fourth-order valence-corrected chi connectivity index (χ4v) is 2.12. The van der Waals surface area contributed by atoms with Gasteiger partial charge in [-0.15, -0.1) is 0 Å². The van der Waals surface area contributed by atoms with Crippen molar-refractivity contribution in [3.8, 4) is 5.88 Å². The van der Waals surface area contributed by atoms with E-state index in [2.05, 4.69) is 29.2 Å². The minimum absolute atomic E-state index is 0.489. The van der Waals surface area contributed by atoms with Gasteiger partial charge in [0.1, 0.15) is 11.6 Å². The average Bonchev–Trinajstić information content (AvgIpc) is 3.22. The normalized spacial score (nSPS) is 16.2. The van der Waals surface area contributed by atoms with Crippen LogP contribution in [0.1, 0.15) is 56.8 Å². The lowest BCUT2D eigenvalue weighted by Gasteiger charge is -2.15. The summed E-state index contributed by atoms with van der Waals surface area (Å²) in [5.41, 5.74) is 3.53. The number of nitrogen functional groups attached to an aromatic ring is 1. The predicted molar refractivity (Wildman–Crippen MR) is 76.1 cm³/mol. The number of nitrogens with zero attached hydrogens (tertiary/aromatic N) is 2. The average molecular weight is 264 g/mol. The number of ether oxygens (including phenoxy) is 1.